The summed E-state index contributed by atoms with van der Waals surface area (Å²) in [4.78, 5) is 15.5. The summed E-state index contributed by atoms with van der Waals surface area (Å²) in [6.45, 7) is 0. The molecular weight excluding hydrogens is 1040 g/mol. The van der Waals surface area contributed by atoms with Crippen molar-refractivity contribution < 1.29 is 20.1 Å². The van der Waals surface area contributed by atoms with E-state index in [1.807, 2.05) is 91.0 Å². The van der Waals surface area contributed by atoms with Crippen LogP contribution >= 0.6 is 0 Å². The molecule has 0 amide bonds. The van der Waals surface area contributed by atoms with Crippen molar-refractivity contribution in [3.05, 3.63) is 285 Å². The molecule has 0 aliphatic carbocycles. The Morgan fingerprint density at radius 1 is 0.282 bits per heavy atom. The molecule has 9 aromatic carbocycles. The van der Waals surface area contributed by atoms with Gasteiger partial charge in [0.05, 0.1) is 34.4 Å². The Balaban J connectivity index is 0.000000257. The number of hydrogen-bond acceptors (Lipinski definition) is 3. The van der Waals surface area contributed by atoms with Gasteiger partial charge in [-0.3, -0.25) is 9.97 Å². The van der Waals surface area contributed by atoms with Crippen molar-refractivity contribution in [1.82, 2.24) is 24.1 Å². The van der Waals surface area contributed by atoms with Crippen molar-refractivity contribution in [1.29, 1.82) is 0 Å². The summed E-state index contributed by atoms with van der Waals surface area (Å²) in [6.07, 6.45) is 0. The Morgan fingerprint density at radius 3 is 0.972 bits per heavy atom. The van der Waals surface area contributed by atoms with Gasteiger partial charge >= 0.3 is 20.1 Å². The van der Waals surface area contributed by atoms with Crippen LogP contribution in [0.15, 0.2) is 267 Å². The second kappa shape index (κ2) is 21.7. The fourth-order valence-electron chi connectivity index (χ4n) is 8.75. The molecule has 0 unspecified atom stereocenters. The van der Waals surface area contributed by atoms with Crippen molar-refractivity contribution >= 4 is 0 Å². The molecular formula is C65H44IrN5. The van der Waals surface area contributed by atoms with Crippen LogP contribution in [0.3, 0.4) is 0 Å². The number of nitrogens with zero attached hydrogens (tertiary/aromatic N) is 5. The van der Waals surface area contributed by atoms with Gasteiger partial charge in [-0.15, -0.1) is 96.1 Å². The monoisotopic (exact) mass is 1090 g/mol. The molecule has 0 bridgehead atoms. The summed E-state index contributed by atoms with van der Waals surface area (Å²) >= 11 is 0. The molecule has 12 aromatic rings. The minimum absolute atomic E-state index is 0. The van der Waals surface area contributed by atoms with Gasteiger partial charge in [-0.25, -0.2) is 0 Å². The fraction of sp³-hybridized carbons (Fsp3) is 0. The van der Waals surface area contributed by atoms with E-state index >= 15 is 0 Å². The van der Waals surface area contributed by atoms with Gasteiger partial charge in [0, 0.05) is 33.6 Å². The smallest absolute Gasteiger partial charge is 0.345 e. The number of pyridine rings is 1. The summed E-state index contributed by atoms with van der Waals surface area (Å²) in [5.41, 5.74) is 15.8. The average molecular weight is 1090 g/mol. The van der Waals surface area contributed by atoms with E-state index in [1.165, 1.54) is 0 Å². The van der Waals surface area contributed by atoms with Gasteiger partial charge in [-0.05, 0) is 35.7 Å². The molecule has 3 aromatic heterocycles. The van der Waals surface area contributed by atoms with Crippen LogP contribution in [0, 0.1) is 18.2 Å². The Labute approximate surface area is 428 Å². The van der Waals surface area contributed by atoms with Crippen molar-refractivity contribution in [2.45, 2.75) is 0 Å². The van der Waals surface area contributed by atoms with Crippen LogP contribution in [0.2, 0.25) is 0 Å². The van der Waals surface area contributed by atoms with Crippen LogP contribution in [0.5, 0.6) is 0 Å². The first kappa shape index (κ1) is 46.0. The molecule has 0 aliphatic rings. The Hall–Kier alpha value is -8.80. The maximum Gasteiger partial charge on any atom is 3.00 e. The third kappa shape index (κ3) is 9.90. The molecule has 5 nitrogen and oxygen atoms in total. The molecule has 12 rings (SSSR count). The number of rotatable bonds is 10. The van der Waals surface area contributed by atoms with Crippen molar-refractivity contribution in [2.24, 2.45) is 0 Å². The van der Waals surface area contributed by atoms with E-state index in [9.17, 15) is 0 Å². The first-order chi connectivity index (χ1) is 34.8. The summed E-state index contributed by atoms with van der Waals surface area (Å²) in [5, 5.41) is 0. The standard InChI is InChI=1S/C48H33N4.C17H11N.Ir/c1-7-20-35(21-8-1)43-45(37-24-11-3-12-25-37)51(41-30-15-5-16-31-41)47(49-43)39-28-19-29-40(34-39)48-50-44(36-22-9-2-10-23-36)46(38-26-13-4-14-27-38)52(48)42-32-17-6-18-33-42;1-3-8-14(9-4-1)16-12-7-13-17(18-16)15-10-5-2-6-11-15;/h1-33H;1-8,10,12-13H;/q-1;-2;+3. The largest absolute Gasteiger partial charge is 3.00 e. The topological polar surface area (TPSA) is 48.5 Å². The average Bonchev–Trinajstić information content (AvgIpc) is 4.07. The predicted octanol–water partition coefficient (Wildman–Crippen LogP) is 15.9. The van der Waals surface area contributed by atoms with Gasteiger partial charge in [-0.2, -0.15) is 0 Å². The zero-order valence-electron chi connectivity index (χ0n) is 38.5. The molecule has 3 heterocycles. The van der Waals surface area contributed by atoms with E-state index < -0.39 is 0 Å². The Bertz CT molecular complexity index is 3370. The normalized spacial score (nSPS) is 10.7. The van der Waals surface area contributed by atoms with Crippen molar-refractivity contribution in [3.63, 3.8) is 0 Å². The third-order valence-corrected chi connectivity index (χ3v) is 12.0. The number of benzene rings is 9. The van der Waals surface area contributed by atoms with E-state index in [0.29, 0.717) is 0 Å². The van der Waals surface area contributed by atoms with Gasteiger partial charge in [0.15, 0.2) is 0 Å². The van der Waals surface area contributed by atoms with Crippen LogP contribution in [-0.2, 0) is 20.1 Å². The molecule has 6 heteroatoms. The third-order valence-electron chi connectivity index (χ3n) is 12.0. The number of hydrogen-bond donors (Lipinski definition) is 0. The first-order valence-electron chi connectivity index (χ1n) is 23.3. The van der Waals surface area contributed by atoms with E-state index in [0.717, 1.165) is 102 Å². The van der Waals surface area contributed by atoms with Crippen molar-refractivity contribution in [3.8, 4) is 102 Å². The van der Waals surface area contributed by atoms with Crippen LogP contribution in [0.25, 0.3) is 102 Å². The molecule has 0 aliphatic heterocycles. The van der Waals surface area contributed by atoms with Gasteiger partial charge in [0.25, 0.3) is 0 Å². The molecule has 338 valence electrons. The summed E-state index contributed by atoms with van der Waals surface area (Å²) < 4.78 is 4.53. The van der Waals surface area contributed by atoms with Gasteiger partial charge in [-0.1, -0.05) is 187 Å². The SMILES string of the molecule is [Ir+3].[c-]1c(-c2nc(-c3ccccc3)c(-c3ccccc3)n2-c2ccccc2)cccc1-c1nc(-c2ccccc2)c(-c2ccccc2)n1-c1ccccc1.[c-]1ccccc1-c1cccc(-c2[c-]cccc2)n1. The number of para-hydroxylation sites is 2. The molecule has 0 fully saturated rings. The zero-order valence-corrected chi connectivity index (χ0v) is 40.9. The molecule has 0 atom stereocenters. The van der Waals surface area contributed by atoms with Gasteiger partial charge in [0.2, 0.25) is 0 Å². The van der Waals surface area contributed by atoms with Gasteiger partial charge in [0.1, 0.15) is 0 Å². The van der Waals surface area contributed by atoms with E-state index in [1.54, 1.807) is 0 Å². The second-order valence-electron chi connectivity index (χ2n) is 16.5. The Kier molecular flexibility index (Phi) is 14.0. The maximum atomic E-state index is 5.44. The maximum absolute atomic E-state index is 5.44. The molecule has 0 saturated carbocycles. The van der Waals surface area contributed by atoms with Gasteiger partial charge < -0.3 is 14.1 Å². The number of imidazole rings is 2. The van der Waals surface area contributed by atoms with Crippen LogP contribution in [0.1, 0.15) is 0 Å². The van der Waals surface area contributed by atoms with E-state index in [4.69, 9.17) is 9.97 Å². The fourth-order valence-corrected chi connectivity index (χ4v) is 8.75. The summed E-state index contributed by atoms with van der Waals surface area (Å²) in [5.74, 6) is 1.60. The molecule has 0 N–H and O–H groups in total. The minimum atomic E-state index is 0. The quantitative estimate of drug-likeness (QED) is 0.128. The van der Waals surface area contributed by atoms with E-state index in [-0.39, 0.29) is 20.1 Å². The predicted molar refractivity (Wildman–Crippen MR) is 285 cm³/mol. The Morgan fingerprint density at radius 2 is 0.606 bits per heavy atom. The summed E-state index contributed by atoms with van der Waals surface area (Å²) in [6, 6.07) is 101. The second-order valence-corrected chi connectivity index (χ2v) is 16.5. The van der Waals surface area contributed by atoms with E-state index in [2.05, 4.69) is 208 Å². The molecule has 0 spiro atoms. The van der Waals surface area contributed by atoms with Crippen molar-refractivity contribution in [2.75, 3.05) is 0 Å². The summed E-state index contributed by atoms with van der Waals surface area (Å²) in [7, 11) is 0. The van der Waals surface area contributed by atoms with Crippen LogP contribution < -0.4 is 0 Å². The number of aromatic nitrogens is 5. The molecule has 71 heavy (non-hydrogen) atoms. The zero-order chi connectivity index (χ0) is 46.9. The molecule has 0 saturated heterocycles. The van der Waals surface area contributed by atoms with Crippen LogP contribution in [0.4, 0.5) is 0 Å². The molecule has 0 radical (unpaired) electrons. The van der Waals surface area contributed by atoms with Crippen LogP contribution in [-0.4, -0.2) is 24.1 Å². The first-order valence-corrected chi connectivity index (χ1v) is 23.3. The minimum Gasteiger partial charge on any atom is -0.345 e.